The largest absolute Gasteiger partial charge is 0.455 e. The van der Waals surface area contributed by atoms with Gasteiger partial charge in [-0.25, -0.2) is 4.98 Å². The van der Waals surface area contributed by atoms with Gasteiger partial charge in [0.05, 0.1) is 12.1 Å². The first kappa shape index (κ1) is 20.7. The molecule has 0 saturated heterocycles. The first-order valence-corrected chi connectivity index (χ1v) is 10.4. The number of esters is 1. The van der Waals surface area contributed by atoms with E-state index in [4.69, 9.17) is 4.74 Å². The Morgan fingerprint density at radius 1 is 1.10 bits per heavy atom. The number of amides is 1. The molecule has 0 aliphatic heterocycles. The van der Waals surface area contributed by atoms with Crippen LogP contribution in [-0.2, 0) is 27.2 Å². The van der Waals surface area contributed by atoms with Crippen LogP contribution in [0.15, 0.2) is 47.8 Å². The van der Waals surface area contributed by atoms with Gasteiger partial charge in [-0.2, -0.15) is 0 Å². The first-order chi connectivity index (χ1) is 13.9. The molecule has 5 nitrogen and oxygen atoms in total. The van der Waals surface area contributed by atoms with E-state index in [-0.39, 0.29) is 18.9 Å². The fraction of sp³-hybridized carbons (Fsp3) is 0.261. The van der Waals surface area contributed by atoms with E-state index in [1.807, 2.05) is 49.6 Å². The number of hydrogen-bond donors (Lipinski definition) is 1. The van der Waals surface area contributed by atoms with Gasteiger partial charge in [-0.1, -0.05) is 43.3 Å². The second-order valence-corrected chi connectivity index (χ2v) is 7.76. The Hall–Kier alpha value is -2.99. The molecule has 29 heavy (non-hydrogen) atoms. The molecule has 0 atom stereocenters. The quantitative estimate of drug-likeness (QED) is 0.575. The van der Waals surface area contributed by atoms with Crippen LogP contribution in [0.25, 0.3) is 10.6 Å². The van der Waals surface area contributed by atoms with Crippen LogP contribution >= 0.6 is 11.3 Å². The fourth-order valence-corrected chi connectivity index (χ4v) is 3.63. The van der Waals surface area contributed by atoms with Gasteiger partial charge in [-0.05, 0) is 43.0 Å². The number of nitrogens with zero attached hydrogens (tertiary/aromatic N) is 1. The summed E-state index contributed by atoms with van der Waals surface area (Å²) in [5.74, 6) is -0.832. The summed E-state index contributed by atoms with van der Waals surface area (Å²) in [6.07, 6.45) is 1.03. The lowest BCUT2D eigenvalue weighted by Crippen LogP contribution is -2.22. The van der Waals surface area contributed by atoms with E-state index in [0.29, 0.717) is 5.69 Å². The maximum atomic E-state index is 12.1. The van der Waals surface area contributed by atoms with Crippen molar-refractivity contribution in [1.29, 1.82) is 0 Å². The van der Waals surface area contributed by atoms with E-state index < -0.39 is 5.97 Å². The number of carbonyl (C=O) groups is 2. The minimum atomic E-state index is -0.473. The third kappa shape index (κ3) is 5.74. The molecule has 0 spiro atoms. The summed E-state index contributed by atoms with van der Waals surface area (Å²) in [4.78, 5) is 28.7. The Bertz CT molecular complexity index is 1010. The van der Waals surface area contributed by atoms with Crippen molar-refractivity contribution in [3.05, 3.63) is 70.2 Å². The van der Waals surface area contributed by atoms with E-state index in [1.54, 1.807) is 0 Å². The number of aromatic nitrogens is 1. The van der Waals surface area contributed by atoms with E-state index in [2.05, 4.69) is 29.4 Å². The number of thiazole rings is 1. The Balaban J connectivity index is 1.51. The number of anilines is 1. The average molecular weight is 409 g/mol. The molecule has 0 bridgehead atoms. The molecule has 150 valence electrons. The van der Waals surface area contributed by atoms with Gasteiger partial charge >= 0.3 is 5.97 Å². The molecule has 1 aromatic heterocycles. The summed E-state index contributed by atoms with van der Waals surface area (Å²) in [5, 5.41) is 5.49. The van der Waals surface area contributed by atoms with Crippen molar-refractivity contribution in [1.82, 2.24) is 4.98 Å². The highest BCUT2D eigenvalue weighted by molar-refractivity contribution is 7.13. The number of nitrogens with one attached hydrogen (secondary N) is 1. The minimum absolute atomic E-state index is 0.0420. The van der Waals surface area contributed by atoms with Crippen LogP contribution in [0.2, 0.25) is 0 Å². The normalized spacial score (nSPS) is 10.6. The van der Waals surface area contributed by atoms with Crippen LogP contribution < -0.4 is 5.32 Å². The second kappa shape index (κ2) is 9.47. The van der Waals surface area contributed by atoms with Gasteiger partial charge in [0.25, 0.3) is 5.91 Å². The van der Waals surface area contributed by atoms with Crippen molar-refractivity contribution in [3.63, 3.8) is 0 Å². The molecule has 0 aliphatic rings. The number of carbonyl (C=O) groups excluding carboxylic acids is 2. The zero-order valence-corrected chi connectivity index (χ0v) is 17.6. The van der Waals surface area contributed by atoms with Gasteiger partial charge in [0.1, 0.15) is 5.01 Å². The molecule has 0 radical (unpaired) electrons. The molecule has 0 saturated carbocycles. The molecule has 3 rings (SSSR count). The molecular formula is C23H24N2O3S. The van der Waals surface area contributed by atoms with Gasteiger partial charge in [-0.15, -0.1) is 11.3 Å². The molecule has 0 fully saturated rings. The van der Waals surface area contributed by atoms with Crippen LogP contribution in [0, 0.1) is 13.8 Å². The Labute approximate surface area is 174 Å². The Kier molecular flexibility index (Phi) is 6.77. The zero-order chi connectivity index (χ0) is 20.8. The molecule has 0 unspecified atom stereocenters. The maximum absolute atomic E-state index is 12.1. The predicted octanol–water partition coefficient (Wildman–Crippen LogP) is 4.71. The average Bonchev–Trinajstić information content (AvgIpc) is 3.17. The maximum Gasteiger partial charge on any atom is 0.312 e. The molecule has 2 aromatic carbocycles. The lowest BCUT2D eigenvalue weighted by atomic mass is 10.1. The molecule has 1 N–H and O–H groups in total. The van der Waals surface area contributed by atoms with E-state index >= 15 is 0 Å². The zero-order valence-electron chi connectivity index (χ0n) is 16.8. The van der Waals surface area contributed by atoms with Gasteiger partial charge in [0, 0.05) is 16.6 Å². The number of rotatable bonds is 7. The SMILES string of the molecule is CCc1ccc(-c2nc(CC(=O)OCC(=O)Nc3cc(C)ccc3C)cs2)cc1. The first-order valence-electron chi connectivity index (χ1n) is 9.51. The predicted molar refractivity (Wildman–Crippen MR) is 116 cm³/mol. The van der Waals surface area contributed by atoms with Crippen LogP contribution in [0.3, 0.4) is 0 Å². The standard InChI is InChI=1S/C23H24N2O3S/c1-4-17-7-9-18(10-8-17)23-24-19(14-29-23)12-22(27)28-13-21(26)25-20-11-15(2)5-6-16(20)3/h5-11,14H,4,12-13H2,1-3H3,(H,25,26). The molecular weight excluding hydrogens is 384 g/mol. The summed E-state index contributed by atoms with van der Waals surface area (Å²) < 4.78 is 5.11. The molecule has 0 aliphatic carbocycles. The van der Waals surface area contributed by atoms with Crippen molar-refractivity contribution < 1.29 is 14.3 Å². The fourth-order valence-electron chi connectivity index (χ4n) is 2.81. The third-order valence-electron chi connectivity index (χ3n) is 4.52. The Morgan fingerprint density at radius 3 is 2.59 bits per heavy atom. The van der Waals surface area contributed by atoms with E-state index in [9.17, 15) is 9.59 Å². The van der Waals surface area contributed by atoms with E-state index in [0.717, 1.165) is 33.8 Å². The number of benzene rings is 2. The molecule has 3 aromatic rings. The Morgan fingerprint density at radius 2 is 1.86 bits per heavy atom. The van der Waals surface area contributed by atoms with Crippen molar-refractivity contribution in [2.45, 2.75) is 33.6 Å². The number of hydrogen-bond acceptors (Lipinski definition) is 5. The number of aryl methyl sites for hydroxylation is 3. The monoisotopic (exact) mass is 408 g/mol. The van der Waals surface area contributed by atoms with Gasteiger partial charge in [0.2, 0.25) is 0 Å². The van der Waals surface area contributed by atoms with Crippen LogP contribution in [0.5, 0.6) is 0 Å². The lowest BCUT2D eigenvalue weighted by molar-refractivity contribution is -0.146. The van der Waals surface area contributed by atoms with Gasteiger partial charge in [0.15, 0.2) is 6.61 Å². The highest BCUT2D eigenvalue weighted by Crippen LogP contribution is 2.24. The lowest BCUT2D eigenvalue weighted by Gasteiger charge is -2.09. The topological polar surface area (TPSA) is 68.3 Å². The van der Waals surface area contributed by atoms with Crippen LogP contribution in [-0.4, -0.2) is 23.5 Å². The second-order valence-electron chi connectivity index (χ2n) is 6.90. The summed E-state index contributed by atoms with van der Waals surface area (Å²) in [5.41, 5.74) is 5.67. The van der Waals surface area contributed by atoms with Crippen LogP contribution in [0.1, 0.15) is 29.3 Å². The van der Waals surface area contributed by atoms with Crippen molar-refractivity contribution in [2.75, 3.05) is 11.9 Å². The summed E-state index contributed by atoms with van der Waals surface area (Å²) >= 11 is 1.49. The number of ether oxygens (including phenoxy) is 1. The molecule has 1 heterocycles. The van der Waals surface area contributed by atoms with Crippen molar-refractivity contribution >= 4 is 28.9 Å². The highest BCUT2D eigenvalue weighted by atomic mass is 32.1. The minimum Gasteiger partial charge on any atom is -0.455 e. The summed E-state index contributed by atoms with van der Waals surface area (Å²) in [6.45, 7) is 5.66. The summed E-state index contributed by atoms with van der Waals surface area (Å²) in [7, 11) is 0. The highest BCUT2D eigenvalue weighted by Gasteiger charge is 2.13. The molecule has 1 amide bonds. The van der Waals surface area contributed by atoms with Crippen molar-refractivity contribution in [3.8, 4) is 10.6 Å². The van der Waals surface area contributed by atoms with Crippen molar-refractivity contribution in [2.24, 2.45) is 0 Å². The molecule has 6 heteroatoms. The summed E-state index contributed by atoms with van der Waals surface area (Å²) in [6, 6.07) is 14.0. The van der Waals surface area contributed by atoms with Gasteiger partial charge in [-0.3, -0.25) is 9.59 Å². The third-order valence-corrected chi connectivity index (χ3v) is 5.46. The van der Waals surface area contributed by atoms with E-state index in [1.165, 1.54) is 16.9 Å². The van der Waals surface area contributed by atoms with Crippen LogP contribution in [0.4, 0.5) is 5.69 Å². The smallest absolute Gasteiger partial charge is 0.312 e. The van der Waals surface area contributed by atoms with Gasteiger partial charge < -0.3 is 10.1 Å².